The topological polar surface area (TPSA) is 44.8 Å². The Morgan fingerprint density at radius 3 is 2.69 bits per heavy atom. The summed E-state index contributed by atoms with van der Waals surface area (Å²) >= 11 is 0. The molecule has 1 N–H and O–H groups in total. The Hall–Kier alpha value is -1.43. The Morgan fingerprint density at radius 2 is 1.96 bits per heavy atom. The lowest BCUT2D eigenvalue weighted by Gasteiger charge is -2.53. The first kappa shape index (κ1) is 18.0. The maximum Gasteiger partial charge on any atom is 0.253 e. The molecule has 2 aliphatic heterocycles. The van der Waals surface area contributed by atoms with Crippen LogP contribution in [0.15, 0.2) is 30.3 Å². The van der Waals surface area contributed by atoms with Crippen molar-refractivity contribution >= 4 is 5.91 Å². The number of morpholine rings is 1. The van der Waals surface area contributed by atoms with Gasteiger partial charge in [-0.15, -0.1) is 0 Å². The third kappa shape index (κ3) is 3.80. The SMILES string of the molecule is O=C(C1CNCCO1)N1CCN(Cc2ccccc2)C2(CCCCC2)C1. The summed E-state index contributed by atoms with van der Waals surface area (Å²) in [4.78, 5) is 17.7. The van der Waals surface area contributed by atoms with Crippen molar-refractivity contribution in [2.75, 3.05) is 39.3 Å². The van der Waals surface area contributed by atoms with Crippen LogP contribution in [0.25, 0.3) is 0 Å². The van der Waals surface area contributed by atoms with Gasteiger partial charge in [0.2, 0.25) is 0 Å². The third-order valence-electron chi connectivity index (χ3n) is 6.31. The number of ether oxygens (including phenoxy) is 1. The van der Waals surface area contributed by atoms with E-state index in [1.807, 2.05) is 0 Å². The maximum atomic E-state index is 13.0. The quantitative estimate of drug-likeness (QED) is 0.899. The molecule has 1 aliphatic carbocycles. The fourth-order valence-corrected chi connectivity index (χ4v) is 4.86. The van der Waals surface area contributed by atoms with Gasteiger partial charge in [0, 0.05) is 44.8 Å². The Morgan fingerprint density at radius 1 is 1.15 bits per heavy atom. The second-order valence-corrected chi connectivity index (χ2v) is 8.02. The number of carbonyl (C=O) groups excluding carboxylic acids is 1. The second kappa shape index (κ2) is 8.07. The molecular weight excluding hydrogens is 326 g/mol. The van der Waals surface area contributed by atoms with Gasteiger partial charge in [0.15, 0.2) is 0 Å². The maximum absolute atomic E-state index is 13.0. The Labute approximate surface area is 156 Å². The molecule has 5 heteroatoms. The summed E-state index contributed by atoms with van der Waals surface area (Å²) in [6.45, 7) is 5.75. The first-order chi connectivity index (χ1) is 12.8. The molecule has 1 atom stereocenters. The van der Waals surface area contributed by atoms with Gasteiger partial charge in [-0.1, -0.05) is 49.6 Å². The van der Waals surface area contributed by atoms with Crippen molar-refractivity contribution in [3.05, 3.63) is 35.9 Å². The van der Waals surface area contributed by atoms with Crippen LogP contribution in [-0.2, 0) is 16.1 Å². The average molecular weight is 357 g/mol. The first-order valence-corrected chi connectivity index (χ1v) is 10.2. The molecule has 4 rings (SSSR count). The molecule has 1 amide bonds. The highest BCUT2D eigenvalue weighted by Gasteiger charge is 2.44. The molecule has 0 aromatic heterocycles. The summed E-state index contributed by atoms with van der Waals surface area (Å²) in [7, 11) is 0. The molecule has 3 fully saturated rings. The summed E-state index contributed by atoms with van der Waals surface area (Å²) < 4.78 is 5.72. The Kier molecular flexibility index (Phi) is 5.57. The van der Waals surface area contributed by atoms with Gasteiger partial charge in [0.05, 0.1) is 6.61 Å². The van der Waals surface area contributed by atoms with Crippen molar-refractivity contribution in [3.8, 4) is 0 Å². The van der Waals surface area contributed by atoms with Gasteiger partial charge < -0.3 is 15.0 Å². The van der Waals surface area contributed by atoms with E-state index in [-0.39, 0.29) is 17.6 Å². The van der Waals surface area contributed by atoms with Crippen molar-refractivity contribution in [1.29, 1.82) is 0 Å². The lowest BCUT2D eigenvalue weighted by atomic mass is 9.78. The number of benzene rings is 1. The molecule has 26 heavy (non-hydrogen) atoms. The standard InChI is InChI=1S/C21H31N3O2/c25-20(19-15-22-11-14-26-19)23-12-13-24(16-18-7-3-1-4-8-18)21(17-23)9-5-2-6-10-21/h1,3-4,7-8,19,22H,2,5-6,9-17H2. The van der Waals surface area contributed by atoms with Crippen LogP contribution in [0.3, 0.4) is 0 Å². The number of piperazine rings is 1. The summed E-state index contributed by atoms with van der Waals surface area (Å²) in [6, 6.07) is 10.8. The van der Waals surface area contributed by atoms with Crippen LogP contribution in [0.4, 0.5) is 0 Å². The van der Waals surface area contributed by atoms with Crippen LogP contribution >= 0.6 is 0 Å². The van der Waals surface area contributed by atoms with Gasteiger partial charge in [-0.25, -0.2) is 0 Å². The number of rotatable bonds is 3. The van der Waals surface area contributed by atoms with Crippen LogP contribution in [0.5, 0.6) is 0 Å². The van der Waals surface area contributed by atoms with Gasteiger partial charge in [0.1, 0.15) is 6.10 Å². The average Bonchev–Trinajstić information content (AvgIpc) is 2.71. The highest BCUT2D eigenvalue weighted by molar-refractivity contribution is 5.81. The van der Waals surface area contributed by atoms with Crippen molar-refractivity contribution in [2.24, 2.45) is 0 Å². The number of hydrogen-bond acceptors (Lipinski definition) is 4. The monoisotopic (exact) mass is 357 g/mol. The lowest BCUT2D eigenvalue weighted by molar-refractivity contribution is -0.152. The molecule has 1 aromatic rings. The molecule has 1 unspecified atom stereocenters. The van der Waals surface area contributed by atoms with E-state index in [0.717, 1.165) is 32.7 Å². The van der Waals surface area contributed by atoms with Crippen LogP contribution in [0, 0.1) is 0 Å². The van der Waals surface area contributed by atoms with E-state index < -0.39 is 0 Å². The van der Waals surface area contributed by atoms with Gasteiger partial charge >= 0.3 is 0 Å². The molecule has 142 valence electrons. The van der Waals surface area contributed by atoms with Crippen molar-refractivity contribution in [1.82, 2.24) is 15.1 Å². The predicted molar refractivity (Wildman–Crippen MR) is 102 cm³/mol. The van der Waals surface area contributed by atoms with E-state index in [9.17, 15) is 4.79 Å². The fourth-order valence-electron chi connectivity index (χ4n) is 4.86. The predicted octanol–water partition coefficient (Wildman–Crippen LogP) is 2.02. The molecular formula is C21H31N3O2. The summed E-state index contributed by atoms with van der Waals surface area (Å²) in [6.07, 6.45) is 5.97. The third-order valence-corrected chi connectivity index (χ3v) is 6.31. The molecule has 1 saturated carbocycles. The van der Waals surface area contributed by atoms with Crippen molar-refractivity contribution < 1.29 is 9.53 Å². The molecule has 1 aromatic carbocycles. The summed E-state index contributed by atoms with van der Waals surface area (Å²) in [5.74, 6) is 0.182. The van der Waals surface area contributed by atoms with Gasteiger partial charge in [-0.3, -0.25) is 9.69 Å². The molecule has 1 spiro atoms. The Balaban J connectivity index is 1.48. The number of carbonyl (C=O) groups is 1. The molecule has 5 nitrogen and oxygen atoms in total. The highest BCUT2D eigenvalue weighted by atomic mass is 16.5. The van der Waals surface area contributed by atoms with E-state index in [0.29, 0.717) is 13.2 Å². The lowest BCUT2D eigenvalue weighted by Crippen LogP contribution is -2.65. The zero-order valence-electron chi connectivity index (χ0n) is 15.7. The zero-order chi connectivity index (χ0) is 17.8. The minimum Gasteiger partial charge on any atom is -0.366 e. The summed E-state index contributed by atoms with van der Waals surface area (Å²) in [5, 5.41) is 3.28. The normalized spacial score (nSPS) is 26.8. The van der Waals surface area contributed by atoms with Crippen LogP contribution in [0.1, 0.15) is 37.7 Å². The van der Waals surface area contributed by atoms with Crippen LogP contribution < -0.4 is 5.32 Å². The zero-order valence-corrected chi connectivity index (χ0v) is 15.7. The van der Waals surface area contributed by atoms with Crippen molar-refractivity contribution in [2.45, 2.75) is 50.3 Å². The highest BCUT2D eigenvalue weighted by Crippen LogP contribution is 2.37. The van der Waals surface area contributed by atoms with Gasteiger partial charge in [0.25, 0.3) is 5.91 Å². The fraction of sp³-hybridized carbons (Fsp3) is 0.667. The van der Waals surface area contributed by atoms with E-state index in [1.54, 1.807) is 0 Å². The largest absolute Gasteiger partial charge is 0.366 e. The number of nitrogens with one attached hydrogen (secondary N) is 1. The molecule has 2 saturated heterocycles. The van der Waals surface area contributed by atoms with E-state index in [2.05, 4.69) is 45.4 Å². The number of amides is 1. The number of nitrogens with zero attached hydrogens (tertiary/aromatic N) is 2. The summed E-state index contributed by atoms with van der Waals surface area (Å²) in [5.41, 5.74) is 1.52. The van der Waals surface area contributed by atoms with Crippen LogP contribution in [0.2, 0.25) is 0 Å². The van der Waals surface area contributed by atoms with E-state index >= 15 is 0 Å². The minimum atomic E-state index is -0.301. The second-order valence-electron chi connectivity index (χ2n) is 8.02. The van der Waals surface area contributed by atoms with Gasteiger partial charge in [-0.2, -0.15) is 0 Å². The minimum absolute atomic E-state index is 0.143. The van der Waals surface area contributed by atoms with E-state index in [1.165, 1.54) is 37.7 Å². The molecule has 3 aliphatic rings. The molecule has 0 bridgehead atoms. The number of hydrogen-bond donors (Lipinski definition) is 1. The van der Waals surface area contributed by atoms with Crippen LogP contribution in [-0.4, -0.2) is 66.7 Å². The van der Waals surface area contributed by atoms with Crippen molar-refractivity contribution in [3.63, 3.8) is 0 Å². The van der Waals surface area contributed by atoms with Gasteiger partial charge in [-0.05, 0) is 18.4 Å². The van der Waals surface area contributed by atoms with E-state index in [4.69, 9.17) is 4.74 Å². The Bertz CT molecular complexity index is 595. The molecule has 2 heterocycles. The smallest absolute Gasteiger partial charge is 0.253 e. The first-order valence-electron chi connectivity index (χ1n) is 10.2. The molecule has 0 radical (unpaired) electrons.